The standard InChI is InChI=1S/C16H24N2O3/c1-20-12-17-16(19)14-4-3-9-18(11-14)10-13-5-7-15(21-2)8-6-13/h5-8,14H,3-4,9-12H2,1-2H3,(H,17,19). The Kier molecular flexibility index (Phi) is 6.02. The summed E-state index contributed by atoms with van der Waals surface area (Å²) in [4.78, 5) is 14.3. The third-order valence-corrected chi connectivity index (χ3v) is 3.83. The van der Waals surface area contributed by atoms with Crippen LogP contribution in [0, 0.1) is 5.92 Å². The Balaban J connectivity index is 1.86. The third kappa shape index (κ3) is 4.72. The molecule has 2 rings (SSSR count). The number of carbonyl (C=O) groups excluding carboxylic acids is 1. The largest absolute Gasteiger partial charge is 0.497 e. The van der Waals surface area contributed by atoms with Gasteiger partial charge in [0.05, 0.1) is 13.0 Å². The lowest BCUT2D eigenvalue weighted by atomic mass is 9.97. The molecule has 1 amide bonds. The molecular formula is C16H24N2O3. The molecule has 0 aromatic heterocycles. The lowest BCUT2D eigenvalue weighted by Crippen LogP contribution is -2.43. The second kappa shape index (κ2) is 8.00. The Labute approximate surface area is 126 Å². The molecule has 1 N–H and O–H groups in total. The number of piperidine rings is 1. The number of carbonyl (C=O) groups is 1. The molecule has 1 atom stereocenters. The van der Waals surface area contributed by atoms with Gasteiger partial charge < -0.3 is 14.8 Å². The first-order valence-corrected chi connectivity index (χ1v) is 7.35. The summed E-state index contributed by atoms with van der Waals surface area (Å²) in [5, 5.41) is 2.80. The minimum Gasteiger partial charge on any atom is -0.497 e. The van der Waals surface area contributed by atoms with Gasteiger partial charge in [-0.3, -0.25) is 9.69 Å². The number of nitrogens with zero attached hydrogens (tertiary/aromatic N) is 1. The fraction of sp³-hybridized carbons (Fsp3) is 0.562. The van der Waals surface area contributed by atoms with Crippen LogP contribution in [0.1, 0.15) is 18.4 Å². The van der Waals surface area contributed by atoms with Crippen LogP contribution >= 0.6 is 0 Å². The van der Waals surface area contributed by atoms with E-state index in [1.165, 1.54) is 5.56 Å². The second-order valence-electron chi connectivity index (χ2n) is 5.40. The fourth-order valence-corrected chi connectivity index (χ4v) is 2.69. The average molecular weight is 292 g/mol. The van der Waals surface area contributed by atoms with Crippen molar-refractivity contribution in [2.24, 2.45) is 5.92 Å². The van der Waals surface area contributed by atoms with E-state index in [1.54, 1.807) is 14.2 Å². The minimum atomic E-state index is 0.0622. The van der Waals surface area contributed by atoms with Gasteiger partial charge in [0, 0.05) is 20.2 Å². The zero-order valence-electron chi connectivity index (χ0n) is 12.8. The molecule has 1 saturated heterocycles. The van der Waals surface area contributed by atoms with Crippen molar-refractivity contribution in [3.63, 3.8) is 0 Å². The lowest BCUT2D eigenvalue weighted by molar-refractivity contribution is -0.128. The number of methoxy groups -OCH3 is 2. The van der Waals surface area contributed by atoms with Gasteiger partial charge in [-0.15, -0.1) is 0 Å². The molecule has 0 aliphatic carbocycles. The van der Waals surface area contributed by atoms with Crippen LogP contribution in [0.3, 0.4) is 0 Å². The second-order valence-corrected chi connectivity index (χ2v) is 5.40. The van der Waals surface area contributed by atoms with Gasteiger partial charge in [0.25, 0.3) is 0 Å². The van der Waals surface area contributed by atoms with Crippen LogP contribution in [0.25, 0.3) is 0 Å². The van der Waals surface area contributed by atoms with Crippen LogP contribution in [0.15, 0.2) is 24.3 Å². The number of amides is 1. The van der Waals surface area contributed by atoms with Crippen LogP contribution in [0.2, 0.25) is 0 Å². The molecule has 0 radical (unpaired) electrons. The van der Waals surface area contributed by atoms with Crippen molar-refractivity contribution in [2.45, 2.75) is 19.4 Å². The van der Waals surface area contributed by atoms with Crippen LogP contribution in [-0.2, 0) is 16.1 Å². The lowest BCUT2D eigenvalue weighted by Gasteiger charge is -2.32. The first-order chi connectivity index (χ1) is 10.2. The number of likely N-dealkylation sites (tertiary alicyclic amines) is 1. The molecule has 1 aromatic rings. The average Bonchev–Trinajstić information content (AvgIpc) is 2.53. The van der Waals surface area contributed by atoms with Crippen molar-refractivity contribution in [3.05, 3.63) is 29.8 Å². The Hall–Kier alpha value is -1.59. The van der Waals surface area contributed by atoms with Crippen molar-refractivity contribution in [1.29, 1.82) is 0 Å². The Bertz CT molecular complexity index is 447. The normalized spacial score (nSPS) is 19.2. The predicted molar refractivity (Wildman–Crippen MR) is 81.0 cm³/mol. The molecule has 5 nitrogen and oxygen atoms in total. The van der Waals surface area contributed by atoms with Crippen molar-refractivity contribution in [2.75, 3.05) is 34.0 Å². The maximum atomic E-state index is 12.0. The van der Waals surface area contributed by atoms with Crippen LogP contribution in [0.4, 0.5) is 0 Å². The minimum absolute atomic E-state index is 0.0622. The van der Waals surface area contributed by atoms with Crippen LogP contribution in [-0.4, -0.2) is 44.8 Å². The van der Waals surface area contributed by atoms with Gasteiger partial charge in [-0.25, -0.2) is 0 Å². The highest BCUT2D eigenvalue weighted by Crippen LogP contribution is 2.20. The predicted octanol–water partition coefficient (Wildman–Crippen LogP) is 1.63. The van der Waals surface area contributed by atoms with Gasteiger partial charge >= 0.3 is 0 Å². The molecule has 0 saturated carbocycles. The van der Waals surface area contributed by atoms with Crippen molar-refractivity contribution in [3.8, 4) is 5.75 Å². The van der Waals surface area contributed by atoms with Crippen molar-refractivity contribution in [1.82, 2.24) is 10.2 Å². The number of ether oxygens (including phenoxy) is 2. The maximum absolute atomic E-state index is 12.0. The molecular weight excluding hydrogens is 268 g/mol. The maximum Gasteiger partial charge on any atom is 0.226 e. The Morgan fingerprint density at radius 3 is 2.76 bits per heavy atom. The van der Waals surface area contributed by atoms with Crippen LogP contribution < -0.4 is 10.1 Å². The summed E-state index contributed by atoms with van der Waals surface area (Å²) in [5.41, 5.74) is 1.24. The summed E-state index contributed by atoms with van der Waals surface area (Å²) in [6.07, 6.45) is 2.01. The molecule has 116 valence electrons. The van der Waals surface area contributed by atoms with E-state index >= 15 is 0 Å². The van der Waals surface area contributed by atoms with Gasteiger partial charge in [0.15, 0.2) is 0 Å². The van der Waals surface area contributed by atoms with E-state index in [2.05, 4.69) is 22.3 Å². The van der Waals surface area contributed by atoms with Gasteiger partial charge in [-0.1, -0.05) is 12.1 Å². The molecule has 0 bridgehead atoms. The van der Waals surface area contributed by atoms with E-state index in [9.17, 15) is 4.79 Å². The Morgan fingerprint density at radius 2 is 2.10 bits per heavy atom. The zero-order valence-corrected chi connectivity index (χ0v) is 12.8. The third-order valence-electron chi connectivity index (χ3n) is 3.83. The number of hydrogen-bond acceptors (Lipinski definition) is 4. The molecule has 1 aromatic carbocycles. The zero-order chi connectivity index (χ0) is 15.1. The Morgan fingerprint density at radius 1 is 1.33 bits per heavy atom. The molecule has 0 spiro atoms. The molecule has 21 heavy (non-hydrogen) atoms. The molecule has 1 unspecified atom stereocenters. The van der Waals surface area contributed by atoms with E-state index in [0.717, 1.165) is 38.2 Å². The van der Waals surface area contributed by atoms with Gasteiger partial charge in [-0.05, 0) is 37.1 Å². The summed E-state index contributed by atoms with van der Waals surface area (Å²) < 4.78 is 10.1. The molecule has 1 fully saturated rings. The number of hydrogen-bond donors (Lipinski definition) is 1. The molecule has 1 aliphatic heterocycles. The highest BCUT2D eigenvalue weighted by Gasteiger charge is 2.25. The quantitative estimate of drug-likeness (QED) is 0.810. The van der Waals surface area contributed by atoms with E-state index in [-0.39, 0.29) is 18.6 Å². The van der Waals surface area contributed by atoms with Gasteiger partial charge in [0.2, 0.25) is 5.91 Å². The van der Waals surface area contributed by atoms with Crippen LogP contribution in [0.5, 0.6) is 5.75 Å². The monoisotopic (exact) mass is 292 g/mol. The van der Waals surface area contributed by atoms with E-state index in [1.807, 2.05) is 12.1 Å². The van der Waals surface area contributed by atoms with Gasteiger partial charge in [-0.2, -0.15) is 0 Å². The molecule has 1 aliphatic rings. The van der Waals surface area contributed by atoms with Gasteiger partial charge in [0.1, 0.15) is 12.5 Å². The molecule has 1 heterocycles. The first-order valence-electron chi connectivity index (χ1n) is 7.35. The smallest absolute Gasteiger partial charge is 0.226 e. The van der Waals surface area contributed by atoms with Crippen molar-refractivity contribution >= 4 is 5.91 Å². The van der Waals surface area contributed by atoms with Crippen molar-refractivity contribution < 1.29 is 14.3 Å². The van der Waals surface area contributed by atoms with E-state index in [4.69, 9.17) is 9.47 Å². The summed E-state index contributed by atoms with van der Waals surface area (Å²) in [6, 6.07) is 8.10. The highest BCUT2D eigenvalue weighted by molar-refractivity contribution is 5.78. The SMILES string of the molecule is COCNC(=O)C1CCCN(Cc2ccc(OC)cc2)C1. The van der Waals surface area contributed by atoms with E-state index in [0.29, 0.717) is 0 Å². The summed E-state index contributed by atoms with van der Waals surface area (Å²) >= 11 is 0. The molecule has 5 heteroatoms. The topological polar surface area (TPSA) is 50.8 Å². The highest BCUT2D eigenvalue weighted by atomic mass is 16.5. The number of benzene rings is 1. The first kappa shape index (κ1) is 15.8. The summed E-state index contributed by atoms with van der Waals surface area (Å²) in [7, 11) is 3.25. The fourth-order valence-electron chi connectivity index (χ4n) is 2.69. The van der Waals surface area contributed by atoms with E-state index < -0.39 is 0 Å². The summed E-state index contributed by atoms with van der Waals surface area (Å²) in [6.45, 7) is 3.01. The summed E-state index contributed by atoms with van der Waals surface area (Å²) in [5.74, 6) is 1.03. The number of rotatable bonds is 6. The number of nitrogens with one attached hydrogen (secondary N) is 1.